The summed E-state index contributed by atoms with van der Waals surface area (Å²) in [5.74, 6) is 0. The van der Waals surface area contributed by atoms with Crippen molar-refractivity contribution < 1.29 is 0 Å². The second-order valence-electron chi connectivity index (χ2n) is 14.1. The molecule has 0 aromatic heterocycles. The van der Waals surface area contributed by atoms with Crippen molar-refractivity contribution in [2.45, 2.75) is 0 Å². The number of halogens is 1. The molecule has 0 aliphatic heterocycles. The van der Waals surface area contributed by atoms with E-state index in [1.54, 1.807) is 0 Å². The number of para-hydroxylation sites is 3. The minimum Gasteiger partial charge on any atom is -0.397 e. The molecule has 0 saturated heterocycles. The van der Waals surface area contributed by atoms with Crippen molar-refractivity contribution in [3.05, 3.63) is 236 Å². The van der Waals surface area contributed by atoms with E-state index < -0.39 is 0 Å². The van der Waals surface area contributed by atoms with Crippen LogP contribution in [-0.4, -0.2) is 0 Å². The van der Waals surface area contributed by atoms with Crippen LogP contribution >= 0.6 is 11.6 Å². The van der Waals surface area contributed by atoms with Gasteiger partial charge in [0.05, 0.1) is 16.4 Å². The summed E-state index contributed by atoms with van der Waals surface area (Å²) in [5, 5.41) is 0.473. The lowest BCUT2D eigenvalue weighted by molar-refractivity contribution is 1.25. The van der Waals surface area contributed by atoms with Gasteiger partial charge in [-0.1, -0.05) is 169 Å². The van der Waals surface area contributed by atoms with Gasteiger partial charge in [0, 0.05) is 34.0 Å². The third-order valence-electron chi connectivity index (χ3n) is 10.4. The molecule has 0 aliphatic rings. The Morgan fingerprint density at radius 3 is 1.19 bits per heavy atom. The van der Waals surface area contributed by atoms with Crippen molar-refractivity contribution in [1.29, 1.82) is 0 Å². The van der Waals surface area contributed by atoms with E-state index in [-0.39, 0.29) is 0 Å². The van der Waals surface area contributed by atoms with E-state index in [1.807, 2.05) is 36.4 Å². The van der Waals surface area contributed by atoms with Crippen molar-refractivity contribution in [3.8, 4) is 44.5 Å². The van der Waals surface area contributed by atoms with Crippen LogP contribution in [0, 0.1) is 0 Å². The fourth-order valence-electron chi connectivity index (χ4n) is 7.73. The average molecular weight is 766 g/mol. The Kier molecular flexibility index (Phi) is 10.3. The summed E-state index contributed by atoms with van der Waals surface area (Å²) in [6.45, 7) is 0. The zero-order valence-corrected chi connectivity index (χ0v) is 32.5. The van der Waals surface area contributed by atoms with Gasteiger partial charge in [-0.05, 0) is 112 Å². The molecule has 0 amide bonds. The monoisotopic (exact) mass is 765 g/mol. The zero-order chi connectivity index (χ0) is 39.3. The molecule has 0 saturated carbocycles. The molecule has 0 unspecified atom stereocenters. The van der Waals surface area contributed by atoms with E-state index in [0.29, 0.717) is 10.7 Å². The molecule has 9 rings (SSSR count). The van der Waals surface area contributed by atoms with E-state index in [9.17, 15) is 0 Å². The number of anilines is 7. The average Bonchev–Trinajstić information content (AvgIpc) is 3.30. The summed E-state index contributed by atoms with van der Waals surface area (Å²) in [4.78, 5) is 4.53. The molecule has 0 aliphatic carbocycles. The van der Waals surface area contributed by atoms with Gasteiger partial charge in [0.25, 0.3) is 0 Å². The number of nitrogen functional groups attached to an aromatic ring is 1. The molecule has 0 fully saturated rings. The van der Waals surface area contributed by atoms with Crippen LogP contribution in [0.2, 0.25) is 5.02 Å². The lowest BCUT2D eigenvalue weighted by Gasteiger charge is -2.32. The maximum Gasteiger partial charge on any atom is 0.0882 e. The smallest absolute Gasteiger partial charge is 0.0882 e. The normalized spacial score (nSPS) is 10.9. The van der Waals surface area contributed by atoms with Crippen molar-refractivity contribution >= 4 is 51.4 Å². The zero-order valence-electron chi connectivity index (χ0n) is 31.8. The first-order valence-corrected chi connectivity index (χ1v) is 19.8. The largest absolute Gasteiger partial charge is 0.397 e. The molecule has 0 spiro atoms. The molecule has 0 bridgehead atoms. The van der Waals surface area contributed by atoms with Gasteiger partial charge < -0.3 is 15.5 Å². The van der Waals surface area contributed by atoms with Gasteiger partial charge >= 0.3 is 0 Å². The topological polar surface area (TPSA) is 32.5 Å². The maximum absolute atomic E-state index is 7.60. The maximum atomic E-state index is 7.60. The Labute approximate surface area is 345 Å². The summed E-state index contributed by atoms with van der Waals surface area (Å²) in [6, 6.07) is 80.4. The Hall–Kier alpha value is -7.33. The minimum absolute atomic E-state index is 0.473. The molecule has 0 atom stereocenters. The number of hydrogen-bond acceptors (Lipinski definition) is 3. The Morgan fingerprint density at radius 1 is 0.310 bits per heavy atom. The lowest BCUT2D eigenvalue weighted by atomic mass is 9.88. The van der Waals surface area contributed by atoms with Crippen LogP contribution in [-0.2, 0) is 0 Å². The van der Waals surface area contributed by atoms with Crippen LogP contribution in [0.3, 0.4) is 0 Å². The first-order valence-electron chi connectivity index (χ1n) is 19.4. The van der Waals surface area contributed by atoms with Gasteiger partial charge in [-0.15, -0.1) is 0 Å². The Bertz CT molecular complexity index is 2750. The molecule has 4 heteroatoms. The first-order chi connectivity index (χ1) is 28.6. The molecule has 9 aromatic carbocycles. The molecule has 2 N–H and O–H groups in total. The predicted octanol–water partition coefficient (Wildman–Crippen LogP) is 15.5. The van der Waals surface area contributed by atoms with Gasteiger partial charge in [-0.3, -0.25) is 0 Å². The standard InChI is InChI=1S/C54H40ClN3/c55-53-51(56)38-50(43-25-16-23-41(35-43)39-19-6-1-7-20-39)52(44-26-17-24-42(36-44)40-21-8-2-9-22-40)54(53)58(47-31-14-5-15-32-47)49-34-18-33-48(37-49)57(45-27-10-3-11-28-45)46-29-12-4-13-30-46/h1-38H,56H2. The first kappa shape index (κ1) is 36.3. The molecule has 0 radical (unpaired) electrons. The number of nitrogens with two attached hydrogens (primary N) is 1. The fraction of sp³-hybridized carbons (Fsp3) is 0. The minimum atomic E-state index is 0.473. The summed E-state index contributed by atoms with van der Waals surface area (Å²) < 4.78 is 0. The van der Waals surface area contributed by atoms with Gasteiger partial charge in [0.2, 0.25) is 0 Å². The summed E-state index contributed by atoms with van der Waals surface area (Å²) >= 11 is 7.60. The Balaban J connectivity index is 1.32. The highest BCUT2D eigenvalue weighted by Gasteiger charge is 2.27. The second-order valence-corrected chi connectivity index (χ2v) is 14.5. The number of rotatable bonds is 10. The number of hydrogen-bond donors (Lipinski definition) is 1. The van der Waals surface area contributed by atoms with Crippen LogP contribution in [0.5, 0.6) is 0 Å². The fourth-order valence-corrected chi connectivity index (χ4v) is 7.97. The molecule has 278 valence electrons. The third kappa shape index (κ3) is 7.35. The van der Waals surface area contributed by atoms with E-state index in [1.165, 1.54) is 0 Å². The van der Waals surface area contributed by atoms with Crippen molar-refractivity contribution in [1.82, 2.24) is 0 Å². The molecule has 58 heavy (non-hydrogen) atoms. The number of nitrogens with zero attached hydrogens (tertiary/aromatic N) is 2. The van der Waals surface area contributed by atoms with Crippen LogP contribution in [0.1, 0.15) is 0 Å². The van der Waals surface area contributed by atoms with Gasteiger partial charge in [0.1, 0.15) is 0 Å². The molecular weight excluding hydrogens is 726 g/mol. The number of benzene rings is 9. The highest BCUT2D eigenvalue weighted by Crippen LogP contribution is 2.52. The third-order valence-corrected chi connectivity index (χ3v) is 10.8. The van der Waals surface area contributed by atoms with Gasteiger partial charge in [0.15, 0.2) is 0 Å². The second kappa shape index (κ2) is 16.4. The van der Waals surface area contributed by atoms with E-state index in [0.717, 1.165) is 78.6 Å². The van der Waals surface area contributed by atoms with E-state index >= 15 is 0 Å². The summed E-state index contributed by atoms with van der Waals surface area (Å²) in [5.41, 5.74) is 21.8. The SMILES string of the molecule is Nc1cc(-c2cccc(-c3ccccc3)c2)c(-c2cccc(-c3ccccc3)c2)c(N(c2ccccc2)c2cccc(N(c3ccccc3)c3ccccc3)c2)c1Cl. The van der Waals surface area contributed by atoms with E-state index in [2.05, 4.69) is 204 Å². The molecule has 9 aromatic rings. The predicted molar refractivity (Wildman–Crippen MR) is 247 cm³/mol. The van der Waals surface area contributed by atoms with Gasteiger partial charge in [-0.2, -0.15) is 0 Å². The molecule has 0 heterocycles. The highest BCUT2D eigenvalue weighted by molar-refractivity contribution is 6.37. The highest BCUT2D eigenvalue weighted by atomic mass is 35.5. The van der Waals surface area contributed by atoms with Crippen LogP contribution in [0.15, 0.2) is 231 Å². The quantitative estimate of drug-likeness (QED) is 0.141. The van der Waals surface area contributed by atoms with Crippen molar-refractivity contribution in [2.24, 2.45) is 0 Å². The summed E-state index contributed by atoms with van der Waals surface area (Å²) in [7, 11) is 0. The lowest BCUT2D eigenvalue weighted by Crippen LogP contribution is -2.15. The van der Waals surface area contributed by atoms with E-state index in [4.69, 9.17) is 17.3 Å². The summed E-state index contributed by atoms with van der Waals surface area (Å²) in [6.07, 6.45) is 0. The van der Waals surface area contributed by atoms with Crippen LogP contribution in [0.25, 0.3) is 44.5 Å². The van der Waals surface area contributed by atoms with Crippen LogP contribution in [0.4, 0.5) is 39.8 Å². The molecule has 3 nitrogen and oxygen atoms in total. The Morgan fingerprint density at radius 2 is 0.672 bits per heavy atom. The van der Waals surface area contributed by atoms with Crippen molar-refractivity contribution in [2.75, 3.05) is 15.5 Å². The molecular formula is C54H40ClN3. The van der Waals surface area contributed by atoms with Crippen LogP contribution < -0.4 is 15.5 Å². The van der Waals surface area contributed by atoms with Gasteiger partial charge in [-0.25, -0.2) is 0 Å². The van der Waals surface area contributed by atoms with Crippen molar-refractivity contribution in [3.63, 3.8) is 0 Å².